The van der Waals surface area contributed by atoms with Gasteiger partial charge in [-0.2, -0.15) is 0 Å². The molecule has 0 bridgehead atoms. The Kier molecular flexibility index (Phi) is 7.36. The molecule has 0 amide bonds. The van der Waals surface area contributed by atoms with Gasteiger partial charge in [0.1, 0.15) is 0 Å². The molecule has 0 spiro atoms. The highest BCUT2D eigenvalue weighted by molar-refractivity contribution is 6.18. The largest absolute Gasteiger partial charge is 0.385 e. The third-order valence-corrected chi connectivity index (χ3v) is 3.19. The van der Waals surface area contributed by atoms with Crippen LogP contribution in [0.1, 0.15) is 19.3 Å². The number of likely N-dealkylation sites (tertiary alicyclic amines) is 1. The third kappa shape index (κ3) is 5.16. The van der Waals surface area contributed by atoms with Crippen LogP contribution in [0.5, 0.6) is 0 Å². The summed E-state index contributed by atoms with van der Waals surface area (Å²) in [5.74, 6) is 0.754. The predicted molar refractivity (Wildman–Crippen MR) is 62.6 cm³/mol. The molecule has 0 aliphatic carbocycles. The van der Waals surface area contributed by atoms with Crippen LogP contribution in [-0.4, -0.2) is 56.8 Å². The van der Waals surface area contributed by atoms with Gasteiger partial charge in [-0.15, -0.1) is 11.6 Å². The van der Waals surface area contributed by atoms with E-state index in [1.807, 2.05) is 0 Å². The van der Waals surface area contributed by atoms with Gasteiger partial charge in [0.2, 0.25) is 0 Å². The zero-order chi connectivity index (χ0) is 10.9. The minimum Gasteiger partial charge on any atom is -0.385 e. The maximum atomic E-state index is 5.88. The van der Waals surface area contributed by atoms with E-state index in [1.54, 1.807) is 7.11 Å². The van der Waals surface area contributed by atoms with Crippen molar-refractivity contribution in [2.45, 2.75) is 25.3 Å². The summed E-state index contributed by atoms with van der Waals surface area (Å²) in [4.78, 5) is 2.43. The van der Waals surface area contributed by atoms with Crippen molar-refractivity contribution in [2.75, 3.05) is 45.9 Å². The fraction of sp³-hybridized carbons (Fsp3) is 1.00. The van der Waals surface area contributed by atoms with E-state index in [2.05, 4.69) is 4.90 Å². The van der Waals surface area contributed by atoms with Crippen molar-refractivity contribution in [1.29, 1.82) is 0 Å². The molecule has 0 aromatic rings. The van der Waals surface area contributed by atoms with E-state index in [4.69, 9.17) is 21.1 Å². The summed E-state index contributed by atoms with van der Waals surface area (Å²) in [6.45, 7) is 4.60. The van der Waals surface area contributed by atoms with Crippen LogP contribution in [0.4, 0.5) is 0 Å². The van der Waals surface area contributed by atoms with Crippen molar-refractivity contribution in [1.82, 2.24) is 4.90 Å². The Labute approximate surface area is 97.7 Å². The molecular formula is C11H22ClNO2. The Bertz CT molecular complexity index is 158. The van der Waals surface area contributed by atoms with E-state index in [0.29, 0.717) is 6.04 Å². The molecule has 1 heterocycles. The molecule has 0 radical (unpaired) electrons. The first-order valence-corrected chi connectivity index (χ1v) is 6.28. The molecule has 1 rings (SSSR count). The van der Waals surface area contributed by atoms with Crippen LogP contribution in [0.2, 0.25) is 0 Å². The molecule has 0 aromatic carbocycles. The van der Waals surface area contributed by atoms with E-state index < -0.39 is 0 Å². The maximum Gasteiger partial charge on any atom is 0.0593 e. The van der Waals surface area contributed by atoms with E-state index in [9.17, 15) is 0 Å². The van der Waals surface area contributed by atoms with Gasteiger partial charge in [0.05, 0.1) is 6.61 Å². The molecule has 90 valence electrons. The maximum absolute atomic E-state index is 5.88. The first kappa shape index (κ1) is 13.2. The molecule has 1 saturated heterocycles. The van der Waals surface area contributed by atoms with Gasteiger partial charge in [0.25, 0.3) is 0 Å². The summed E-state index contributed by atoms with van der Waals surface area (Å²) in [5, 5.41) is 0. The number of halogens is 1. The van der Waals surface area contributed by atoms with Crippen LogP contribution < -0.4 is 0 Å². The third-order valence-electron chi connectivity index (χ3n) is 2.84. The molecule has 4 heteroatoms. The van der Waals surface area contributed by atoms with Crippen molar-refractivity contribution in [3.8, 4) is 0 Å². The Morgan fingerprint density at radius 3 is 2.93 bits per heavy atom. The quantitative estimate of drug-likeness (QED) is 0.473. The molecule has 1 aliphatic heterocycles. The van der Waals surface area contributed by atoms with Crippen LogP contribution in [0.25, 0.3) is 0 Å². The van der Waals surface area contributed by atoms with E-state index in [1.165, 1.54) is 19.4 Å². The first-order chi connectivity index (χ1) is 7.38. The SMILES string of the molecule is COCCCOCCN1CCCC1CCl. The summed E-state index contributed by atoms with van der Waals surface area (Å²) in [7, 11) is 1.72. The summed E-state index contributed by atoms with van der Waals surface area (Å²) < 4.78 is 10.5. The summed E-state index contributed by atoms with van der Waals surface area (Å²) in [6.07, 6.45) is 3.50. The van der Waals surface area contributed by atoms with Crippen LogP contribution in [-0.2, 0) is 9.47 Å². The van der Waals surface area contributed by atoms with Gasteiger partial charge in [0.15, 0.2) is 0 Å². The highest BCUT2D eigenvalue weighted by Gasteiger charge is 2.22. The van der Waals surface area contributed by atoms with Crippen molar-refractivity contribution in [3.63, 3.8) is 0 Å². The lowest BCUT2D eigenvalue weighted by atomic mass is 10.2. The second-order valence-electron chi connectivity index (χ2n) is 3.95. The van der Waals surface area contributed by atoms with Gasteiger partial charge in [-0.1, -0.05) is 0 Å². The van der Waals surface area contributed by atoms with Gasteiger partial charge in [0, 0.05) is 38.8 Å². The van der Waals surface area contributed by atoms with Gasteiger partial charge in [-0.05, 0) is 25.8 Å². The van der Waals surface area contributed by atoms with Crippen molar-refractivity contribution >= 4 is 11.6 Å². The fourth-order valence-corrected chi connectivity index (χ4v) is 2.30. The highest BCUT2D eigenvalue weighted by Crippen LogP contribution is 2.17. The monoisotopic (exact) mass is 235 g/mol. The number of hydrogen-bond donors (Lipinski definition) is 0. The summed E-state index contributed by atoms with van der Waals surface area (Å²) in [5.41, 5.74) is 0. The molecule has 1 aliphatic rings. The Balaban J connectivity index is 1.95. The van der Waals surface area contributed by atoms with Crippen molar-refractivity contribution in [2.24, 2.45) is 0 Å². The van der Waals surface area contributed by atoms with E-state index in [0.717, 1.165) is 38.7 Å². The zero-order valence-corrected chi connectivity index (χ0v) is 10.3. The summed E-state index contributed by atoms with van der Waals surface area (Å²) >= 11 is 5.88. The van der Waals surface area contributed by atoms with Crippen LogP contribution in [0.3, 0.4) is 0 Å². The van der Waals surface area contributed by atoms with E-state index in [-0.39, 0.29) is 0 Å². The second kappa shape index (κ2) is 8.34. The topological polar surface area (TPSA) is 21.7 Å². The molecule has 1 fully saturated rings. The van der Waals surface area contributed by atoms with Gasteiger partial charge < -0.3 is 9.47 Å². The lowest BCUT2D eigenvalue weighted by molar-refractivity contribution is 0.0826. The fourth-order valence-electron chi connectivity index (χ4n) is 1.95. The number of methoxy groups -OCH3 is 1. The second-order valence-corrected chi connectivity index (χ2v) is 4.25. The van der Waals surface area contributed by atoms with Crippen LogP contribution in [0, 0.1) is 0 Å². The average Bonchev–Trinajstić information content (AvgIpc) is 2.70. The van der Waals surface area contributed by atoms with Gasteiger partial charge in [-0.25, -0.2) is 0 Å². The minimum absolute atomic E-state index is 0.578. The Morgan fingerprint density at radius 1 is 1.33 bits per heavy atom. The molecule has 3 nitrogen and oxygen atoms in total. The molecule has 0 saturated carbocycles. The van der Waals surface area contributed by atoms with Crippen molar-refractivity contribution < 1.29 is 9.47 Å². The molecular weight excluding hydrogens is 214 g/mol. The lowest BCUT2D eigenvalue weighted by Crippen LogP contribution is -2.33. The van der Waals surface area contributed by atoms with Gasteiger partial charge in [-0.3, -0.25) is 4.90 Å². The van der Waals surface area contributed by atoms with E-state index >= 15 is 0 Å². The standard InChI is InChI=1S/C11H22ClNO2/c1-14-7-3-8-15-9-6-13-5-2-4-11(13)10-12/h11H,2-10H2,1H3. The molecule has 0 N–H and O–H groups in total. The zero-order valence-electron chi connectivity index (χ0n) is 9.58. The number of hydrogen-bond acceptors (Lipinski definition) is 3. The Hall–Kier alpha value is 0.170. The minimum atomic E-state index is 0.578. The number of rotatable bonds is 8. The molecule has 1 unspecified atom stereocenters. The average molecular weight is 236 g/mol. The summed E-state index contributed by atoms with van der Waals surface area (Å²) in [6, 6.07) is 0.578. The number of ether oxygens (including phenoxy) is 2. The number of alkyl halides is 1. The lowest BCUT2D eigenvalue weighted by Gasteiger charge is -2.22. The van der Waals surface area contributed by atoms with Crippen LogP contribution in [0.15, 0.2) is 0 Å². The van der Waals surface area contributed by atoms with Gasteiger partial charge >= 0.3 is 0 Å². The molecule has 15 heavy (non-hydrogen) atoms. The molecule has 0 aromatic heterocycles. The van der Waals surface area contributed by atoms with Crippen LogP contribution >= 0.6 is 11.6 Å². The number of nitrogens with zero attached hydrogens (tertiary/aromatic N) is 1. The predicted octanol–water partition coefficient (Wildman–Crippen LogP) is 1.74. The first-order valence-electron chi connectivity index (χ1n) is 5.75. The molecule has 1 atom stereocenters. The highest BCUT2D eigenvalue weighted by atomic mass is 35.5. The normalized spacial score (nSPS) is 22.4. The smallest absolute Gasteiger partial charge is 0.0593 e. The van der Waals surface area contributed by atoms with Crippen molar-refractivity contribution in [3.05, 3.63) is 0 Å². The Morgan fingerprint density at radius 2 is 2.20 bits per heavy atom.